The molecule has 2 rings (SSSR count). The fraction of sp³-hybridized carbons (Fsp3) is 0.640. The Morgan fingerprint density at radius 3 is 2.40 bits per heavy atom. The van der Waals surface area contributed by atoms with Crippen LogP contribution in [0.3, 0.4) is 0 Å². The largest absolute Gasteiger partial charge is 0.481 e. The van der Waals surface area contributed by atoms with Crippen molar-refractivity contribution in [2.45, 2.75) is 89.9 Å². The zero-order valence-corrected chi connectivity index (χ0v) is 18.5. The van der Waals surface area contributed by atoms with Crippen molar-refractivity contribution in [1.82, 2.24) is 0 Å². The fourth-order valence-electron chi connectivity index (χ4n) is 4.16. The van der Waals surface area contributed by atoms with Crippen LogP contribution in [0.25, 0.3) is 0 Å². The molecule has 5 atom stereocenters. The van der Waals surface area contributed by atoms with Crippen molar-refractivity contribution in [3.63, 3.8) is 0 Å². The number of carboxylic acid groups (broad SMARTS) is 1. The van der Waals surface area contributed by atoms with Crippen LogP contribution in [0.4, 0.5) is 0 Å². The molecule has 0 heterocycles. The highest BCUT2D eigenvalue weighted by molar-refractivity contribution is 5.66. The molecule has 0 amide bonds. The normalized spacial score (nSPS) is 24.4. The van der Waals surface area contributed by atoms with Gasteiger partial charge in [-0.25, -0.2) is 0 Å². The number of hydrogen-bond donors (Lipinski definition) is 4. The van der Waals surface area contributed by atoms with Gasteiger partial charge in [0.25, 0.3) is 0 Å². The molecule has 1 fully saturated rings. The number of allylic oxidation sites excluding steroid dienone is 2. The van der Waals surface area contributed by atoms with E-state index in [-0.39, 0.29) is 18.3 Å². The summed E-state index contributed by atoms with van der Waals surface area (Å²) >= 11 is 0. The van der Waals surface area contributed by atoms with Gasteiger partial charge in [-0.2, -0.15) is 0 Å². The SMILES string of the molecule is CC.O=C(O)CCC/C=C\C[C@@H]1C(CC[C@@H](O)CCc2ccccc2)[C@H](O)C[C@@H]1O. The zero-order chi connectivity index (χ0) is 22.4. The molecule has 4 N–H and O–H groups in total. The number of carboxylic acids is 1. The van der Waals surface area contributed by atoms with E-state index in [1.54, 1.807) is 0 Å². The van der Waals surface area contributed by atoms with Gasteiger partial charge in [-0.1, -0.05) is 56.3 Å². The molecule has 0 bridgehead atoms. The Morgan fingerprint density at radius 1 is 1.07 bits per heavy atom. The molecule has 0 radical (unpaired) electrons. The number of unbranched alkanes of at least 4 members (excludes halogenated alkanes) is 1. The minimum atomic E-state index is -0.784. The number of aliphatic hydroxyl groups excluding tert-OH is 3. The number of aliphatic carboxylic acids is 1. The van der Waals surface area contributed by atoms with Crippen molar-refractivity contribution >= 4 is 5.97 Å². The maximum absolute atomic E-state index is 10.5. The van der Waals surface area contributed by atoms with Crippen molar-refractivity contribution in [2.24, 2.45) is 11.8 Å². The molecule has 170 valence electrons. The van der Waals surface area contributed by atoms with Crippen LogP contribution in [0.2, 0.25) is 0 Å². The standard InChI is InChI=1S/C23H34O5.C2H6/c24-18(13-12-17-8-4-3-5-9-17)14-15-20-19(21(25)16-22(20)26)10-6-1-2-7-11-23(27)28;1-2/h1,3-6,8-9,18-22,24-26H,2,7,10-16H2,(H,27,28);1-2H3/b6-1-;/t18-,19+,20?,21-,22+;/m0./s1. The number of aryl methyl sites for hydroxylation is 1. The van der Waals surface area contributed by atoms with Gasteiger partial charge < -0.3 is 20.4 Å². The van der Waals surface area contributed by atoms with E-state index in [4.69, 9.17) is 5.11 Å². The Morgan fingerprint density at radius 2 is 1.73 bits per heavy atom. The third-order valence-corrected chi connectivity index (χ3v) is 5.80. The highest BCUT2D eigenvalue weighted by Crippen LogP contribution is 2.38. The highest BCUT2D eigenvalue weighted by atomic mass is 16.4. The molecule has 5 nitrogen and oxygen atoms in total. The molecule has 30 heavy (non-hydrogen) atoms. The average molecular weight is 421 g/mol. The maximum Gasteiger partial charge on any atom is 0.303 e. The average Bonchev–Trinajstić information content (AvgIpc) is 3.01. The lowest BCUT2D eigenvalue weighted by Gasteiger charge is -2.23. The van der Waals surface area contributed by atoms with Gasteiger partial charge in [-0.05, 0) is 68.8 Å². The summed E-state index contributed by atoms with van der Waals surface area (Å²) in [4.78, 5) is 10.5. The molecule has 1 aromatic carbocycles. The van der Waals surface area contributed by atoms with Crippen LogP contribution in [0, 0.1) is 11.8 Å². The number of rotatable bonds is 12. The second-order valence-electron chi connectivity index (χ2n) is 7.95. The van der Waals surface area contributed by atoms with E-state index in [1.165, 1.54) is 5.56 Å². The first-order valence-corrected chi connectivity index (χ1v) is 11.4. The lowest BCUT2D eigenvalue weighted by Crippen LogP contribution is -2.23. The summed E-state index contributed by atoms with van der Waals surface area (Å²) in [7, 11) is 0. The minimum absolute atomic E-state index is 0.00736. The van der Waals surface area contributed by atoms with Gasteiger partial charge in [0.1, 0.15) is 0 Å². The van der Waals surface area contributed by atoms with Crippen molar-refractivity contribution in [2.75, 3.05) is 0 Å². The van der Waals surface area contributed by atoms with Gasteiger partial charge in [-0.15, -0.1) is 0 Å². The molecular weight excluding hydrogens is 380 g/mol. The topological polar surface area (TPSA) is 98.0 Å². The molecule has 5 heteroatoms. The third kappa shape index (κ3) is 9.88. The maximum atomic E-state index is 10.5. The van der Waals surface area contributed by atoms with Gasteiger partial charge in [-0.3, -0.25) is 4.79 Å². The monoisotopic (exact) mass is 420 g/mol. The molecule has 1 saturated carbocycles. The Kier molecular flexibility index (Phi) is 13.3. The number of aliphatic hydroxyl groups is 3. The van der Waals surface area contributed by atoms with E-state index in [0.29, 0.717) is 44.9 Å². The van der Waals surface area contributed by atoms with Crippen molar-refractivity contribution in [1.29, 1.82) is 0 Å². The Labute approximate surface area is 181 Å². The van der Waals surface area contributed by atoms with Crippen molar-refractivity contribution < 1.29 is 25.2 Å². The first-order chi connectivity index (χ1) is 14.5. The Hall–Kier alpha value is -1.69. The van der Waals surface area contributed by atoms with Crippen molar-refractivity contribution in [3.8, 4) is 0 Å². The predicted octanol–water partition coefficient (Wildman–Crippen LogP) is 4.35. The van der Waals surface area contributed by atoms with Gasteiger partial charge in [0.2, 0.25) is 0 Å². The number of carbonyl (C=O) groups is 1. The van der Waals surface area contributed by atoms with E-state index >= 15 is 0 Å². The first-order valence-electron chi connectivity index (χ1n) is 11.4. The summed E-state index contributed by atoms with van der Waals surface area (Å²) < 4.78 is 0. The minimum Gasteiger partial charge on any atom is -0.481 e. The van der Waals surface area contributed by atoms with Crippen molar-refractivity contribution in [3.05, 3.63) is 48.0 Å². The highest BCUT2D eigenvalue weighted by Gasteiger charge is 2.40. The molecule has 1 aliphatic carbocycles. The summed E-state index contributed by atoms with van der Waals surface area (Å²) in [6, 6.07) is 10.1. The molecule has 0 saturated heterocycles. The van der Waals surface area contributed by atoms with Crippen LogP contribution in [-0.4, -0.2) is 44.7 Å². The van der Waals surface area contributed by atoms with Crippen LogP contribution in [0.15, 0.2) is 42.5 Å². The van der Waals surface area contributed by atoms with Crippen LogP contribution >= 0.6 is 0 Å². The summed E-state index contributed by atoms with van der Waals surface area (Å²) in [6.07, 6.45) is 7.91. The molecule has 1 unspecified atom stereocenters. The summed E-state index contributed by atoms with van der Waals surface area (Å²) in [6.45, 7) is 4.00. The smallest absolute Gasteiger partial charge is 0.303 e. The van der Waals surface area contributed by atoms with Gasteiger partial charge >= 0.3 is 5.97 Å². The molecule has 1 aromatic rings. The molecule has 0 aliphatic heterocycles. The van der Waals surface area contributed by atoms with Gasteiger partial charge in [0.05, 0.1) is 18.3 Å². The predicted molar refractivity (Wildman–Crippen MR) is 120 cm³/mol. The van der Waals surface area contributed by atoms with E-state index < -0.39 is 24.3 Å². The lowest BCUT2D eigenvalue weighted by atomic mass is 9.85. The first kappa shape index (κ1) is 26.3. The van der Waals surface area contributed by atoms with E-state index in [9.17, 15) is 20.1 Å². The van der Waals surface area contributed by atoms with Crippen LogP contribution in [-0.2, 0) is 11.2 Å². The zero-order valence-electron chi connectivity index (χ0n) is 18.5. The molecule has 1 aliphatic rings. The molecular formula is C25H40O5. The fourth-order valence-corrected chi connectivity index (χ4v) is 4.16. The van der Waals surface area contributed by atoms with Crippen LogP contribution in [0.5, 0.6) is 0 Å². The van der Waals surface area contributed by atoms with Crippen LogP contribution in [0.1, 0.15) is 70.8 Å². The van der Waals surface area contributed by atoms with E-state index in [1.807, 2.05) is 44.2 Å². The lowest BCUT2D eigenvalue weighted by molar-refractivity contribution is -0.137. The summed E-state index contributed by atoms with van der Waals surface area (Å²) in [5.41, 5.74) is 1.21. The molecule has 0 spiro atoms. The third-order valence-electron chi connectivity index (χ3n) is 5.80. The number of benzene rings is 1. The van der Waals surface area contributed by atoms with Gasteiger partial charge in [0, 0.05) is 6.42 Å². The molecule has 0 aromatic heterocycles. The van der Waals surface area contributed by atoms with E-state index in [2.05, 4.69) is 12.1 Å². The quantitative estimate of drug-likeness (QED) is 0.298. The second-order valence-corrected chi connectivity index (χ2v) is 7.95. The summed E-state index contributed by atoms with van der Waals surface area (Å²) in [5, 5.41) is 39.6. The summed E-state index contributed by atoms with van der Waals surface area (Å²) in [5.74, 6) is -0.800. The van der Waals surface area contributed by atoms with E-state index in [0.717, 1.165) is 6.42 Å². The van der Waals surface area contributed by atoms with Gasteiger partial charge in [0.15, 0.2) is 0 Å². The van der Waals surface area contributed by atoms with Crippen LogP contribution < -0.4 is 0 Å². The Bertz CT molecular complexity index is 601. The second kappa shape index (κ2) is 15.2. The number of hydrogen-bond acceptors (Lipinski definition) is 4. The Balaban J connectivity index is 0.00000218.